The van der Waals surface area contributed by atoms with E-state index < -0.39 is 47.6 Å². The molecule has 46 heavy (non-hydrogen) atoms. The number of thiol groups is 1. The highest BCUT2D eigenvalue weighted by Crippen LogP contribution is 2.49. The lowest BCUT2D eigenvalue weighted by molar-refractivity contribution is -0.154. The number of amides is 2. The summed E-state index contributed by atoms with van der Waals surface area (Å²) in [5.41, 5.74) is 0.844. The molecule has 0 aromatic heterocycles. The summed E-state index contributed by atoms with van der Waals surface area (Å²) < 4.78 is 17.9. The van der Waals surface area contributed by atoms with Crippen LogP contribution in [-0.2, 0) is 30.2 Å². The number of halogens is 1. The summed E-state index contributed by atoms with van der Waals surface area (Å²) in [6, 6.07) is 3.90. The largest absolute Gasteiger partial charge is 0.459 e. The third kappa shape index (κ3) is 8.28. The van der Waals surface area contributed by atoms with Crippen molar-refractivity contribution in [3.8, 4) is 0 Å². The summed E-state index contributed by atoms with van der Waals surface area (Å²) >= 11 is 11.0. The molecule has 254 valence electrons. The molecule has 1 aromatic carbocycles. The van der Waals surface area contributed by atoms with Crippen LogP contribution in [0.1, 0.15) is 58.1 Å². The number of hydrogen-bond donors (Lipinski definition) is 3. The fourth-order valence-corrected chi connectivity index (χ4v) is 6.91. The Morgan fingerprint density at radius 3 is 2.67 bits per heavy atom. The Kier molecular flexibility index (Phi) is 11.6. The van der Waals surface area contributed by atoms with Gasteiger partial charge >= 0.3 is 12.1 Å². The molecule has 3 aliphatic heterocycles. The van der Waals surface area contributed by atoms with E-state index in [1.807, 2.05) is 76.9 Å². The van der Waals surface area contributed by atoms with Crippen LogP contribution in [0.2, 0.25) is 5.02 Å². The van der Waals surface area contributed by atoms with E-state index in [4.69, 9.17) is 25.8 Å². The Hall–Kier alpha value is -2.57. The Labute approximate surface area is 282 Å². The number of nitrogens with one attached hydrogen (secondary N) is 1. The molecule has 2 N–H and O–H groups in total. The average molecular weight is 678 g/mol. The number of allylic oxidation sites excluding steroid dienone is 3. The second-order valence-electron chi connectivity index (χ2n) is 13.3. The maximum Gasteiger partial charge on any atom is 0.409 e. The van der Waals surface area contributed by atoms with Crippen molar-refractivity contribution in [2.45, 2.75) is 89.9 Å². The van der Waals surface area contributed by atoms with Crippen LogP contribution in [0.5, 0.6) is 0 Å². The number of nitrogens with zero attached hydrogens (tertiary/aromatic N) is 2. The minimum absolute atomic E-state index is 0.122. The van der Waals surface area contributed by atoms with Gasteiger partial charge < -0.3 is 29.1 Å². The van der Waals surface area contributed by atoms with Crippen LogP contribution in [0.15, 0.2) is 35.9 Å². The number of aliphatic hydroxyl groups is 1. The summed E-state index contributed by atoms with van der Waals surface area (Å²) in [5, 5.41) is 14.7. The number of esters is 1. The van der Waals surface area contributed by atoms with E-state index in [0.29, 0.717) is 36.0 Å². The van der Waals surface area contributed by atoms with E-state index in [1.165, 1.54) is 4.90 Å². The predicted molar refractivity (Wildman–Crippen MR) is 181 cm³/mol. The van der Waals surface area contributed by atoms with Crippen molar-refractivity contribution in [2.24, 2.45) is 11.8 Å². The highest BCUT2D eigenvalue weighted by atomic mass is 35.5. The van der Waals surface area contributed by atoms with Crippen LogP contribution in [0, 0.1) is 18.8 Å². The maximum atomic E-state index is 13.9. The summed E-state index contributed by atoms with van der Waals surface area (Å²) in [6.07, 6.45) is 3.57. The van der Waals surface area contributed by atoms with Gasteiger partial charge in [0, 0.05) is 44.1 Å². The number of carbonyl (C=O) groups is 3. The van der Waals surface area contributed by atoms with E-state index in [-0.39, 0.29) is 31.1 Å². The Morgan fingerprint density at radius 2 is 1.98 bits per heavy atom. The Bertz CT molecular complexity index is 1390. The molecule has 7 atom stereocenters. The molecule has 7 unspecified atom stereocenters. The molecular formula is C34H48ClN3O7S. The minimum Gasteiger partial charge on any atom is -0.459 e. The summed E-state index contributed by atoms with van der Waals surface area (Å²) in [7, 11) is 3.57. The van der Waals surface area contributed by atoms with Crippen molar-refractivity contribution in [2.75, 3.05) is 37.8 Å². The molecule has 0 saturated carbocycles. The van der Waals surface area contributed by atoms with Gasteiger partial charge in [0.15, 0.2) is 0 Å². The standard InChI is InChI=1S/C34H48ClN3O7S/c1-20-9-8-10-22(3)34(42)19-26(43-32(41)36-34)23(4)31-33(5,45-31)27(44-29(40)11-12-37(6)13-14-46)18-28(39)38(7)25-17-24(15-20)16-21(2)30(25)35/h8-10,16-17,22-23,26-27,31,42,46H,11-15,18-19H2,1-7H3,(H,36,41)/b10-8+,20-9+. The van der Waals surface area contributed by atoms with Crippen LogP contribution in [0.4, 0.5) is 10.5 Å². The highest BCUT2D eigenvalue weighted by Gasteiger charge is 2.64. The Balaban J connectivity index is 1.71. The molecule has 3 heterocycles. The van der Waals surface area contributed by atoms with Crippen LogP contribution >= 0.6 is 24.2 Å². The van der Waals surface area contributed by atoms with Crippen molar-refractivity contribution >= 4 is 47.9 Å². The van der Waals surface area contributed by atoms with Crippen molar-refractivity contribution in [3.05, 3.63) is 52.1 Å². The van der Waals surface area contributed by atoms with E-state index in [9.17, 15) is 19.5 Å². The maximum absolute atomic E-state index is 13.9. The molecule has 1 aromatic rings. The second-order valence-corrected chi connectivity index (χ2v) is 14.1. The van der Waals surface area contributed by atoms with Crippen molar-refractivity contribution in [1.82, 2.24) is 10.2 Å². The highest BCUT2D eigenvalue weighted by molar-refractivity contribution is 7.80. The minimum atomic E-state index is -1.55. The first-order chi connectivity index (χ1) is 21.6. The van der Waals surface area contributed by atoms with E-state index in [1.54, 1.807) is 7.05 Å². The summed E-state index contributed by atoms with van der Waals surface area (Å²) in [5.74, 6) is -0.902. The first-order valence-electron chi connectivity index (χ1n) is 15.8. The zero-order chi connectivity index (χ0) is 34.0. The molecule has 0 radical (unpaired) electrons. The molecule has 0 spiro atoms. The van der Waals surface area contributed by atoms with Crippen molar-refractivity contribution in [3.63, 3.8) is 0 Å². The molecular weight excluding hydrogens is 630 g/mol. The van der Waals surface area contributed by atoms with Crippen LogP contribution < -0.4 is 10.2 Å². The quantitative estimate of drug-likeness (QED) is 0.222. The SMILES string of the molecule is C/C1=C\C=C\C(C)C2(O)CC(OC(=O)N2)C(C)C2OC2(C)C(OC(=O)CCN(C)CCS)CC(=O)N(C)c2cc(cc(C)c2Cl)C1. The number of fused-ring (bicyclic) bond motifs is 5. The van der Waals surface area contributed by atoms with Crippen molar-refractivity contribution in [1.29, 1.82) is 0 Å². The lowest BCUT2D eigenvalue weighted by Gasteiger charge is -2.41. The number of aryl methyl sites for hydroxylation is 1. The fraction of sp³-hybridized carbons (Fsp3) is 0.618. The number of alkyl carbamates (subject to hydrolysis) is 1. The molecule has 3 aliphatic rings. The van der Waals surface area contributed by atoms with Gasteiger partial charge in [0.25, 0.3) is 0 Å². The smallest absolute Gasteiger partial charge is 0.409 e. The number of carbonyl (C=O) groups excluding carboxylic acids is 3. The number of epoxide rings is 1. The van der Waals surface area contributed by atoms with Gasteiger partial charge in [-0.25, -0.2) is 4.79 Å². The molecule has 2 saturated heterocycles. The lowest BCUT2D eigenvalue weighted by Crippen LogP contribution is -2.60. The zero-order valence-corrected chi connectivity index (χ0v) is 29.5. The molecule has 4 bridgehead atoms. The molecule has 2 fully saturated rings. The van der Waals surface area contributed by atoms with Gasteiger partial charge in [0.2, 0.25) is 5.91 Å². The average Bonchev–Trinajstić information content (AvgIpc) is 3.68. The predicted octanol–water partition coefficient (Wildman–Crippen LogP) is 4.84. The third-order valence-electron chi connectivity index (χ3n) is 9.54. The number of hydrogen-bond acceptors (Lipinski definition) is 9. The van der Waals surface area contributed by atoms with Crippen LogP contribution in [0.25, 0.3) is 0 Å². The van der Waals surface area contributed by atoms with Crippen LogP contribution in [-0.4, -0.2) is 90.6 Å². The van der Waals surface area contributed by atoms with Crippen LogP contribution in [0.3, 0.4) is 0 Å². The topological polar surface area (TPSA) is 121 Å². The third-order valence-corrected chi connectivity index (χ3v) is 10.2. The van der Waals surface area contributed by atoms with Gasteiger partial charge in [-0.15, -0.1) is 0 Å². The zero-order valence-electron chi connectivity index (χ0n) is 27.8. The number of rotatable bonds is 6. The number of anilines is 1. The second kappa shape index (κ2) is 14.7. The van der Waals surface area contributed by atoms with Crippen molar-refractivity contribution < 1.29 is 33.7 Å². The fourth-order valence-electron chi connectivity index (χ4n) is 6.33. The monoisotopic (exact) mass is 677 g/mol. The van der Waals surface area contributed by atoms with Gasteiger partial charge in [-0.1, -0.05) is 55.3 Å². The van der Waals surface area contributed by atoms with Gasteiger partial charge in [-0.05, 0) is 51.4 Å². The summed E-state index contributed by atoms with van der Waals surface area (Å²) in [4.78, 5) is 43.2. The first-order valence-corrected chi connectivity index (χ1v) is 16.9. The molecule has 10 nitrogen and oxygen atoms in total. The normalized spacial score (nSPS) is 33.8. The molecule has 2 amide bonds. The lowest BCUT2D eigenvalue weighted by atomic mass is 9.82. The van der Waals surface area contributed by atoms with Gasteiger partial charge in [0.1, 0.15) is 23.5 Å². The summed E-state index contributed by atoms with van der Waals surface area (Å²) in [6.45, 7) is 10.6. The van der Waals surface area contributed by atoms with E-state index in [2.05, 4.69) is 17.9 Å². The Morgan fingerprint density at radius 1 is 1.26 bits per heavy atom. The first kappa shape index (κ1) is 36.3. The van der Waals surface area contributed by atoms with E-state index >= 15 is 0 Å². The van der Waals surface area contributed by atoms with Gasteiger partial charge in [-0.2, -0.15) is 12.6 Å². The number of ether oxygens (including phenoxy) is 3. The van der Waals surface area contributed by atoms with Gasteiger partial charge in [-0.3, -0.25) is 14.9 Å². The molecule has 4 rings (SSSR count). The number of benzene rings is 1. The van der Waals surface area contributed by atoms with Gasteiger partial charge in [0.05, 0.1) is 29.7 Å². The van der Waals surface area contributed by atoms with E-state index in [0.717, 1.165) is 16.7 Å². The molecule has 0 aliphatic carbocycles. The molecule has 12 heteroatoms.